The number of hydrogen-bond acceptors (Lipinski definition) is 6. The van der Waals surface area contributed by atoms with Crippen LogP contribution in [0.25, 0.3) is 0 Å². The molecule has 1 saturated heterocycles. The van der Waals surface area contributed by atoms with Gasteiger partial charge in [-0.25, -0.2) is 4.98 Å². The van der Waals surface area contributed by atoms with Gasteiger partial charge in [-0.1, -0.05) is 6.07 Å². The highest BCUT2D eigenvalue weighted by molar-refractivity contribution is 5.92. The summed E-state index contributed by atoms with van der Waals surface area (Å²) in [5.41, 5.74) is 0.884. The lowest BCUT2D eigenvalue weighted by atomic mass is 9.97. The summed E-state index contributed by atoms with van der Waals surface area (Å²) in [6.45, 7) is 1.88. The largest absolute Gasteiger partial charge is 0.390 e. The Balaban J connectivity index is 1.75. The Labute approximate surface area is 153 Å². The first-order chi connectivity index (χ1) is 12.5. The number of nitrogens with zero attached hydrogens (tertiary/aromatic N) is 6. The number of aliphatic hydroxyl groups excluding tert-OH is 1. The number of piperidine rings is 1. The molecule has 0 spiro atoms. The van der Waals surface area contributed by atoms with Crippen molar-refractivity contribution < 1.29 is 9.90 Å². The summed E-state index contributed by atoms with van der Waals surface area (Å²) in [5.74, 6) is 1.92. The van der Waals surface area contributed by atoms with Crippen LogP contribution < -0.4 is 0 Å². The number of carbonyl (C=O) groups excluding carboxylic acids is 1. The van der Waals surface area contributed by atoms with Crippen molar-refractivity contribution in [2.45, 2.75) is 31.9 Å². The lowest BCUT2D eigenvalue weighted by Gasteiger charge is -2.32. The Kier molecular flexibility index (Phi) is 5.63. The second-order valence-corrected chi connectivity index (χ2v) is 7.03. The predicted molar refractivity (Wildman–Crippen MR) is 96.4 cm³/mol. The Morgan fingerprint density at radius 2 is 2.15 bits per heavy atom. The molecule has 1 N–H and O–H groups in total. The molecule has 8 heteroatoms. The van der Waals surface area contributed by atoms with E-state index < -0.39 is 0 Å². The third-order valence-electron chi connectivity index (χ3n) is 4.72. The fourth-order valence-electron chi connectivity index (χ4n) is 3.37. The topological polar surface area (TPSA) is 87.4 Å². The van der Waals surface area contributed by atoms with Gasteiger partial charge in [-0.15, -0.1) is 10.2 Å². The molecule has 140 valence electrons. The molecule has 8 nitrogen and oxygen atoms in total. The quantitative estimate of drug-likeness (QED) is 0.850. The van der Waals surface area contributed by atoms with Crippen molar-refractivity contribution in [1.82, 2.24) is 29.5 Å². The number of rotatable bonds is 5. The number of pyridine rings is 1. The molecule has 0 saturated carbocycles. The van der Waals surface area contributed by atoms with E-state index in [1.807, 2.05) is 30.6 Å². The van der Waals surface area contributed by atoms with Crippen LogP contribution in [0.5, 0.6) is 0 Å². The number of carbonyl (C=O) groups is 1. The summed E-state index contributed by atoms with van der Waals surface area (Å²) in [6.07, 6.45) is 1.91. The standard InChI is InChI=1S/C18H26N6O2/c1-22(2)11-16-20-21-17(23(16)3)13-6-5-9-24(10-13)18(26)15-8-4-7-14(12-25)19-15/h4,7-8,13,25H,5-6,9-12H2,1-3H3/t13-/m1/s1. The van der Waals surface area contributed by atoms with Crippen LogP contribution in [-0.2, 0) is 20.2 Å². The van der Waals surface area contributed by atoms with Crippen LogP contribution in [0.4, 0.5) is 0 Å². The van der Waals surface area contributed by atoms with E-state index in [-0.39, 0.29) is 18.4 Å². The average molecular weight is 358 g/mol. The highest BCUT2D eigenvalue weighted by Gasteiger charge is 2.29. The second kappa shape index (κ2) is 7.92. The normalized spacial score (nSPS) is 17.7. The van der Waals surface area contributed by atoms with Crippen molar-refractivity contribution in [2.75, 3.05) is 27.2 Å². The minimum absolute atomic E-state index is 0.0966. The predicted octanol–water partition coefficient (Wildman–Crippen LogP) is 0.784. The first kappa shape index (κ1) is 18.5. The maximum atomic E-state index is 12.8. The molecule has 0 bridgehead atoms. The van der Waals surface area contributed by atoms with Gasteiger partial charge < -0.3 is 19.5 Å². The van der Waals surface area contributed by atoms with Crippen LogP contribution in [0.2, 0.25) is 0 Å². The maximum absolute atomic E-state index is 12.8. The van der Waals surface area contributed by atoms with Gasteiger partial charge in [0.05, 0.1) is 18.8 Å². The second-order valence-electron chi connectivity index (χ2n) is 7.03. The third kappa shape index (κ3) is 3.91. The van der Waals surface area contributed by atoms with Crippen LogP contribution in [0.3, 0.4) is 0 Å². The minimum Gasteiger partial charge on any atom is -0.390 e. The summed E-state index contributed by atoms with van der Waals surface area (Å²) in [7, 11) is 5.99. The minimum atomic E-state index is -0.169. The van der Waals surface area contributed by atoms with Crippen molar-refractivity contribution >= 4 is 5.91 Å². The molecule has 1 fully saturated rings. The zero-order valence-corrected chi connectivity index (χ0v) is 15.6. The van der Waals surface area contributed by atoms with E-state index in [1.54, 1.807) is 18.2 Å². The highest BCUT2D eigenvalue weighted by Crippen LogP contribution is 2.26. The third-order valence-corrected chi connectivity index (χ3v) is 4.72. The van der Waals surface area contributed by atoms with E-state index in [1.165, 1.54) is 0 Å². The zero-order valence-electron chi connectivity index (χ0n) is 15.6. The van der Waals surface area contributed by atoms with Gasteiger partial charge in [0.1, 0.15) is 17.3 Å². The first-order valence-electron chi connectivity index (χ1n) is 8.88. The van der Waals surface area contributed by atoms with Gasteiger partial charge in [0.25, 0.3) is 5.91 Å². The fraction of sp³-hybridized carbons (Fsp3) is 0.556. The van der Waals surface area contributed by atoms with E-state index in [2.05, 4.69) is 20.1 Å². The van der Waals surface area contributed by atoms with E-state index in [9.17, 15) is 9.90 Å². The number of likely N-dealkylation sites (tertiary alicyclic amines) is 1. The number of hydrogen-bond donors (Lipinski definition) is 1. The van der Waals surface area contributed by atoms with Gasteiger partial charge in [0, 0.05) is 26.1 Å². The molecule has 0 aliphatic carbocycles. The van der Waals surface area contributed by atoms with Crippen molar-refractivity contribution in [3.63, 3.8) is 0 Å². The Morgan fingerprint density at radius 1 is 1.35 bits per heavy atom. The molecular weight excluding hydrogens is 332 g/mol. The molecule has 1 amide bonds. The molecule has 1 atom stereocenters. The van der Waals surface area contributed by atoms with Gasteiger partial charge >= 0.3 is 0 Å². The SMILES string of the molecule is CN(C)Cc1nnc([C@@H]2CCCN(C(=O)c3cccc(CO)n3)C2)n1C. The van der Waals surface area contributed by atoms with E-state index in [4.69, 9.17) is 0 Å². The molecule has 0 unspecified atom stereocenters. The number of amides is 1. The average Bonchev–Trinajstić information content (AvgIpc) is 3.01. The van der Waals surface area contributed by atoms with Gasteiger partial charge in [-0.3, -0.25) is 4.79 Å². The number of aliphatic hydroxyl groups is 1. The van der Waals surface area contributed by atoms with Crippen molar-refractivity contribution in [3.8, 4) is 0 Å². The van der Waals surface area contributed by atoms with Gasteiger partial charge in [-0.2, -0.15) is 0 Å². The Morgan fingerprint density at radius 3 is 2.88 bits per heavy atom. The van der Waals surface area contributed by atoms with Crippen molar-refractivity contribution in [2.24, 2.45) is 7.05 Å². The lowest BCUT2D eigenvalue weighted by Crippen LogP contribution is -2.40. The fourth-order valence-corrected chi connectivity index (χ4v) is 3.37. The molecule has 0 radical (unpaired) electrons. The Hall–Kier alpha value is -2.32. The smallest absolute Gasteiger partial charge is 0.272 e. The molecule has 0 aromatic carbocycles. The highest BCUT2D eigenvalue weighted by atomic mass is 16.3. The van der Waals surface area contributed by atoms with Crippen LogP contribution in [0.1, 0.15) is 46.6 Å². The summed E-state index contributed by atoms with van der Waals surface area (Å²) in [6, 6.07) is 5.16. The van der Waals surface area contributed by atoms with E-state index >= 15 is 0 Å². The molecule has 2 aromatic rings. The summed E-state index contributed by atoms with van der Waals surface area (Å²) in [5, 5.41) is 17.9. The van der Waals surface area contributed by atoms with Gasteiger partial charge in [-0.05, 0) is 39.1 Å². The van der Waals surface area contributed by atoms with E-state index in [0.717, 1.165) is 31.0 Å². The molecular formula is C18H26N6O2. The van der Waals surface area contributed by atoms with Gasteiger partial charge in [0.2, 0.25) is 0 Å². The van der Waals surface area contributed by atoms with Crippen LogP contribution in [0, 0.1) is 0 Å². The zero-order chi connectivity index (χ0) is 18.7. The van der Waals surface area contributed by atoms with E-state index in [0.29, 0.717) is 24.5 Å². The van der Waals surface area contributed by atoms with Crippen molar-refractivity contribution in [1.29, 1.82) is 0 Å². The molecule has 2 aromatic heterocycles. The molecule has 3 rings (SSSR count). The molecule has 26 heavy (non-hydrogen) atoms. The summed E-state index contributed by atoms with van der Waals surface area (Å²) >= 11 is 0. The lowest BCUT2D eigenvalue weighted by molar-refractivity contribution is 0.0697. The van der Waals surface area contributed by atoms with Gasteiger partial charge in [0.15, 0.2) is 0 Å². The summed E-state index contributed by atoms with van der Waals surface area (Å²) < 4.78 is 2.04. The van der Waals surface area contributed by atoms with Crippen LogP contribution in [-0.4, -0.2) is 67.7 Å². The van der Waals surface area contributed by atoms with Crippen LogP contribution >= 0.6 is 0 Å². The molecule has 1 aliphatic rings. The van der Waals surface area contributed by atoms with Crippen molar-refractivity contribution in [3.05, 3.63) is 41.2 Å². The maximum Gasteiger partial charge on any atom is 0.272 e. The Bertz CT molecular complexity index is 773. The summed E-state index contributed by atoms with van der Waals surface area (Å²) in [4.78, 5) is 20.9. The first-order valence-corrected chi connectivity index (χ1v) is 8.88. The van der Waals surface area contributed by atoms with Crippen LogP contribution in [0.15, 0.2) is 18.2 Å². The molecule has 1 aliphatic heterocycles. The number of aromatic nitrogens is 4. The monoisotopic (exact) mass is 358 g/mol. The molecule has 3 heterocycles.